The summed E-state index contributed by atoms with van der Waals surface area (Å²) >= 11 is 2.97. The van der Waals surface area contributed by atoms with Gasteiger partial charge in [0.05, 0.1) is 19.1 Å². The van der Waals surface area contributed by atoms with Gasteiger partial charge in [0.2, 0.25) is 5.91 Å². The van der Waals surface area contributed by atoms with E-state index in [1.807, 2.05) is 24.3 Å². The van der Waals surface area contributed by atoms with Crippen molar-refractivity contribution in [1.29, 1.82) is 0 Å². The van der Waals surface area contributed by atoms with Gasteiger partial charge in [-0.3, -0.25) is 14.9 Å². The molecule has 1 aromatic heterocycles. The first-order chi connectivity index (χ1) is 12.4. The molecule has 6 nitrogen and oxygen atoms in total. The van der Waals surface area contributed by atoms with Crippen LogP contribution < -0.4 is 10.6 Å². The van der Waals surface area contributed by atoms with Crippen molar-refractivity contribution in [3.05, 3.63) is 46.8 Å². The summed E-state index contributed by atoms with van der Waals surface area (Å²) in [7, 11) is 1.17. The number of amides is 3. The number of carbonyl (C=O) groups excluding carboxylic acids is 3. The molecule has 2 aromatic rings. The Balaban J connectivity index is 1.97. The number of hydrogen-bond donors (Lipinski definition) is 2. The van der Waals surface area contributed by atoms with Crippen molar-refractivity contribution < 1.29 is 19.1 Å². The second-order valence-electron chi connectivity index (χ2n) is 5.64. The van der Waals surface area contributed by atoms with E-state index in [2.05, 4.69) is 29.2 Å². The molecule has 0 radical (unpaired) electrons. The molecule has 0 saturated heterocycles. The largest absolute Gasteiger partial charge is 0.453 e. The maximum atomic E-state index is 12.3. The fourth-order valence-corrected chi connectivity index (χ4v) is 3.75. The van der Waals surface area contributed by atoms with Gasteiger partial charge in [0, 0.05) is 10.1 Å². The number of nitrogens with one attached hydrogen (secondary N) is 2. The van der Waals surface area contributed by atoms with E-state index in [0.717, 1.165) is 10.5 Å². The van der Waals surface area contributed by atoms with Crippen molar-refractivity contribution in [2.24, 2.45) is 0 Å². The van der Waals surface area contributed by atoms with Crippen LogP contribution in [0.4, 0.5) is 9.80 Å². The van der Waals surface area contributed by atoms with Crippen molar-refractivity contribution in [2.75, 3.05) is 12.4 Å². The SMILES string of the molecule is COC(=O)NC(=O)c1ccsc1NC(=O)Cc1ccc(SC(C)C)cc1. The Morgan fingerprint density at radius 3 is 2.46 bits per heavy atom. The number of hydrogen-bond acceptors (Lipinski definition) is 6. The Hall–Kier alpha value is -2.32. The highest BCUT2D eigenvalue weighted by Gasteiger charge is 2.17. The maximum Gasteiger partial charge on any atom is 0.413 e. The third-order valence-electron chi connectivity index (χ3n) is 3.22. The Morgan fingerprint density at radius 1 is 1.15 bits per heavy atom. The van der Waals surface area contributed by atoms with Crippen LogP contribution in [0.2, 0.25) is 0 Å². The van der Waals surface area contributed by atoms with Crippen LogP contribution >= 0.6 is 23.1 Å². The molecule has 0 aliphatic heterocycles. The fourth-order valence-electron chi connectivity index (χ4n) is 2.11. The zero-order valence-electron chi connectivity index (χ0n) is 14.7. The van der Waals surface area contributed by atoms with E-state index >= 15 is 0 Å². The number of thioether (sulfide) groups is 1. The molecule has 2 rings (SSSR count). The van der Waals surface area contributed by atoms with Gasteiger partial charge in [-0.15, -0.1) is 23.1 Å². The number of rotatable bonds is 6. The van der Waals surface area contributed by atoms with Crippen LogP contribution in [0.1, 0.15) is 29.8 Å². The van der Waals surface area contributed by atoms with Crippen LogP contribution in [-0.2, 0) is 16.0 Å². The number of benzene rings is 1. The molecule has 0 aliphatic carbocycles. The Labute approximate surface area is 160 Å². The van der Waals surface area contributed by atoms with Crippen molar-refractivity contribution in [3.8, 4) is 0 Å². The molecule has 26 heavy (non-hydrogen) atoms. The van der Waals surface area contributed by atoms with Gasteiger partial charge in [-0.05, 0) is 29.1 Å². The van der Waals surface area contributed by atoms with Gasteiger partial charge in [0.15, 0.2) is 0 Å². The Bertz CT molecular complexity index is 785. The quantitative estimate of drug-likeness (QED) is 0.728. The highest BCUT2D eigenvalue weighted by Crippen LogP contribution is 2.25. The first-order valence-corrected chi connectivity index (χ1v) is 9.67. The van der Waals surface area contributed by atoms with Gasteiger partial charge in [-0.1, -0.05) is 26.0 Å². The first-order valence-electron chi connectivity index (χ1n) is 7.91. The standard InChI is InChI=1S/C18H20N2O4S2/c1-11(2)26-13-6-4-12(5-7-13)10-15(21)19-17-14(8-9-25-17)16(22)20-18(23)24-3/h4-9,11H,10H2,1-3H3,(H,19,21)(H,20,22,23). The average Bonchev–Trinajstić information content (AvgIpc) is 3.04. The summed E-state index contributed by atoms with van der Waals surface area (Å²) in [5.74, 6) is -0.854. The highest BCUT2D eigenvalue weighted by molar-refractivity contribution is 7.99. The number of methoxy groups -OCH3 is 1. The number of carbonyl (C=O) groups is 3. The van der Waals surface area contributed by atoms with Crippen LogP contribution in [-0.4, -0.2) is 30.3 Å². The lowest BCUT2D eigenvalue weighted by Gasteiger charge is -2.08. The van der Waals surface area contributed by atoms with Crippen LogP contribution in [0.3, 0.4) is 0 Å². The van der Waals surface area contributed by atoms with E-state index in [4.69, 9.17) is 0 Å². The molecule has 138 valence electrons. The lowest BCUT2D eigenvalue weighted by molar-refractivity contribution is -0.115. The second-order valence-corrected chi connectivity index (χ2v) is 8.21. The number of anilines is 1. The summed E-state index contributed by atoms with van der Waals surface area (Å²) in [4.78, 5) is 36.6. The first kappa shape index (κ1) is 20.0. The number of thiophene rings is 1. The fraction of sp³-hybridized carbons (Fsp3) is 0.278. The predicted octanol–water partition coefficient (Wildman–Crippen LogP) is 3.93. The maximum absolute atomic E-state index is 12.3. The minimum absolute atomic E-state index is 0.197. The smallest absolute Gasteiger partial charge is 0.413 e. The molecule has 2 N–H and O–H groups in total. The normalized spacial score (nSPS) is 10.5. The second kappa shape index (κ2) is 9.40. The summed E-state index contributed by atoms with van der Waals surface area (Å²) < 4.78 is 4.40. The molecular weight excluding hydrogens is 372 g/mol. The van der Waals surface area contributed by atoms with E-state index in [1.54, 1.807) is 17.1 Å². The van der Waals surface area contributed by atoms with Crippen LogP contribution in [0, 0.1) is 0 Å². The number of alkyl carbamates (subject to hydrolysis) is 1. The molecule has 0 atom stereocenters. The molecule has 0 aliphatic rings. The van der Waals surface area contributed by atoms with E-state index < -0.39 is 12.0 Å². The van der Waals surface area contributed by atoms with Crippen molar-refractivity contribution in [1.82, 2.24) is 5.32 Å². The van der Waals surface area contributed by atoms with Crippen molar-refractivity contribution >= 4 is 46.0 Å². The van der Waals surface area contributed by atoms with Gasteiger partial charge in [-0.25, -0.2) is 4.79 Å². The molecule has 0 unspecified atom stereocenters. The summed E-state index contributed by atoms with van der Waals surface area (Å²) in [5, 5.41) is 7.35. The molecule has 8 heteroatoms. The van der Waals surface area contributed by atoms with Gasteiger partial charge in [0.1, 0.15) is 5.00 Å². The molecule has 1 heterocycles. The van der Waals surface area contributed by atoms with E-state index in [9.17, 15) is 14.4 Å². The highest BCUT2D eigenvalue weighted by atomic mass is 32.2. The van der Waals surface area contributed by atoms with Crippen LogP contribution in [0.5, 0.6) is 0 Å². The monoisotopic (exact) mass is 392 g/mol. The summed E-state index contributed by atoms with van der Waals surface area (Å²) in [6.45, 7) is 4.25. The molecule has 0 saturated carbocycles. The van der Waals surface area contributed by atoms with Gasteiger partial charge in [0.25, 0.3) is 5.91 Å². The molecule has 0 bridgehead atoms. The minimum Gasteiger partial charge on any atom is -0.453 e. The molecule has 0 fully saturated rings. The zero-order chi connectivity index (χ0) is 19.1. The molecular formula is C18H20N2O4S2. The van der Waals surface area contributed by atoms with Crippen LogP contribution in [0.25, 0.3) is 0 Å². The summed E-state index contributed by atoms with van der Waals surface area (Å²) in [6.07, 6.45) is -0.652. The van der Waals surface area contributed by atoms with Crippen molar-refractivity contribution in [2.45, 2.75) is 30.4 Å². The summed E-state index contributed by atoms with van der Waals surface area (Å²) in [6, 6.07) is 9.37. The molecule has 1 aromatic carbocycles. The molecule has 3 amide bonds. The Kier molecular flexibility index (Phi) is 7.23. The Morgan fingerprint density at radius 2 is 1.85 bits per heavy atom. The summed E-state index contributed by atoms with van der Waals surface area (Å²) in [5.41, 5.74) is 1.10. The van der Waals surface area contributed by atoms with Gasteiger partial charge < -0.3 is 10.1 Å². The lowest BCUT2D eigenvalue weighted by Crippen LogP contribution is -2.30. The average molecular weight is 393 g/mol. The lowest BCUT2D eigenvalue weighted by atomic mass is 10.1. The van der Waals surface area contributed by atoms with Gasteiger partial charge in [-0.2, -0.15) is 0 Å². The van der Waals surface area contributed by atoms with E-state index in [-0.39, 0.29) is 17.9 Å². The number of ether oxygens (including phenoxy) is 1. The third-order valence-corrected chi connectivity index (χ3v) is 5.07. The molecule has 0 spiro atoms. The van der Waals surface area contributed by atoms with Crippen molar-refractivity contribution in [3.63, 3.8) is 0 Å². The number of imide groups is 1. The topological polar surface area (TPSA) is 84.5 Å². The minimum atomic E-state index is -0.849. The van der Waals surface area contributed by atoms with Crippen LogP contribution in [0.15, 0.2) is 40.6 Å². The van der Waals surface area contributed by atoms with E-state index in [0.29, 0.717) is 10.3 Å². The zero-order valence-corrected chi connectivity index (χ0v) is 16.3. The van der Waals surface area contributed by atoms with Gasteiger partial charge >= 0.3 is 6.09 Å². The predicted molar refractivity (Wildman–Crippen MR) is 104 cm³/mol. The van der Waals surface area contributed by atoms with E-state index in [1.165, 1.54) is 24.5 Å². The third kappa shape index (κ3) is 5.89.